The number of amides is 2. The second kappa shape index (κ2) is 7.51. The Morgan fingerprint density at radius 1 is 1.00 bits per heavy atom. The van der Waals surface area contributed by atoms with E-state index in [4.69, 9.17) is 0 Å². The Bertz CT molecular complexity index is 704. The van der Waals surface area contributed by atoms with Gasteiger partial charge in [0.05, 0.1) is 5.69 Å². The molecule has 1 N–H and O–H groups in total. The van der Waals surface area contributed by atoms with E-state index in [1.54, 1.807) is 0 Å². The van der Waals surface area contributed by atoms with E-state index < -0.39 is 0 Å². The van der Waals surface area contributed by atoms with Crippen LogP contribution in [0.2, 0.25) is 0 Å². The molecule has 1 fully saturated rings. The third-order valence-corrected chi connectivity index (χ3v) is 4.50. The lowest BCUT2D eigenvalue weighted by atomic mass is 10.0. The third kappa shape index (κ3) is 4.26. The molecule has 132 valence electrons. The summed E-state index contributed by atoms with van der Waals surface area (Å²) < 4.78 is 0. The Kier molecular flexibility index (Phi) is 5.16. The van der Waals surface area contributed by atoms with Crippen LogP contribution in [-0.4, -0.2) is 47.3 Å². The smallest absolute Gasteiger partial charge is 0.321 e. The maximum absolute atomic E-state index is 12.4. The zero-order valence-corrected chi connectivity index (χ0v) is 15.1. The standard InChI is InChI=1S/C19H25N5O/c1-14(2)16-5-7-17(8-6-16)20-19(25)24-12-10-23(11-13-24)18-9-4-15(3)21-22-18/h4-9,14H,10-13H2,1-3H3,(H,20,25). The molecule has 2 amide bonds. The van der Waals surface area contributed by atoms with Crippen LogP contribution in [0.25, 0.3) is 0 Å². The van der Waals surface area contributed by atoms with Crippen LogP contribution in [0.5, 0.6) is 0 Å². The fourth-order valence-corrected chi connectivity index (χ4v) is 2.85. The topological polar surface area (TPSA) is 61.4 Å². The normalized spacial score (nSPS) is 14.7. The molecule has 1 aliphatic rings. The molecule has 1 aliphatic heterocycles. The fourth-order valence-electron chi connectivity index (χ4n) is 2.85. The first-order valence-electron chi connectivity index (χ1n) is 8.74. The molecule has 1 aromatic carbocycles. The van der Waals surface area contributed by atoms with E-state index in [0.29, 0.717) is 19.0 Å². The zero-order chi connectivity index (χ0) is 17.8. The van der Waals surface area contributed by atoms with Gasteiger partial charge < -0.3 is 15.1 Å². The number of carbonyl (C=O) groups is 1. The van der Waals surface area contributed by atoms with E-state index in [1.807, 2.05) is 36.1 Å². The summed E-state index contributed by atoms with van der Waals surface area (Å²) in [5, 5.41) is 11.3. The van der Waals surface area contributed by atoms with Crippen LogP contribution >= 0.6 is 0 Å². The Labute approximate surface area is 148 Å². The molecular formula is C19H25N5O. The highest BCUT2D eigenvalue weighted by Gasteiger charge is 2.22. The highest BCUT2D eigenvalue weighted by molar-refractivity contribution is 5.89. The van der Waals surface area contributed by atoms with Gasteiger partial charge in [-0.1, -0.05) is 26.0 Å². The van der Waals surface area contributed by atoms with Crippen molar-refractivity contribution in [2.75, 3.05) is 36.4 Å². The van der Waals surface area contributed by atoms with E-state index in [2.05, 4.69) is 46.4 Å². The molecule has 6 heteroatoms. The van der Waals surface area contributed by atoms with E-state index in [0.717, 1.165) is 30.3 Å². The minimum absolute atomic E-state index is 0.0491. The van der Waals surface area contributed by atoms with E-state index in [1.165, 1.54) is 5.56 Å². The third-order valence-electron chi connectivity index (χ3n) is 4.50. The lowest BCUT2D eigenvalue weighted by Crippen LogP contribution is -2.50. The van der Waals surface area contributed by atoms with Crippen LogP contribution in [0.3, 0.4) is 0 Å². The molecule has 0 aliphatic carbocycles. The number of benzene rings is 1. The second-order valence-corrected chi connectivity index (χ2v) is 6.71. The van der Waals surface area contributed by atoms with Gasteiger partial charge in [-0.3, -0.25) is 0 Å². The van der Waals surface area contributed by atoms with Gasteiger partial charge in [0.2, 0.25) is 0 Å². The van der Waals surface area contributed by atoms with Gasteiger partial charge in [-0.2, -0.15) is 5.10 Å². The van der Waals surface area contributed by atoms with Crippen molar-refractivity contribution in [2.24, 2.45) is 0 Å². The van der Waals surface area contributed by atoms with Gasteiger partial charge in [0.25, 0.3) is 0 Å². The molecule has 1 saturated heterocycles. The number of hydrogen-bond acceptors (Lipinski definition) is 4. The van der Waals surface area contributed by atoms with Crippen molar-refractivity contribution in [2.45, 2.75) is 26.7 Å². The molecule has 0 atom stereocenters. The molecular weight excluding hydrogens is 314 g/mol. The van der Waals surface area contributed by atoms with E-state index in [9.17, 15) is 4.79 Å². The summed E-state index contributed by atoms with van der Waals surface area (Å²) in [5.74, 6) is 1.36. The first-order valence-corrected chi connectivity index (χ1v) is 8.74. The van der Waals surface area contributed by atoms with Crippen molar-refractivity contribution in [3.63, 3.8) is 0 Å². The van der Waals surface area contributed by atoms with Crippen molar-refractivity contribution in [1.82, 2.24) is 15.1 Å². The van der Waals surface area contributed by atoms with Gasteiger partial charge in [-0.05, 0) is 42.7 Å². The van der Waals surface area contributed by atoms with Crippen molar-refractivity contribution in [3.05, 3.63) is 47.7 Å². The Morgan fingerprint density at radius 3 is 2.24 bits per heavy atom. The average molecular weight is 339 g/mol. The highest BCUT2D eigenvalue weighted by Crippen LogP contribution is 2.18. The SMILES string of the molecule is Cc1ccc(N2CCN(C(=O)Nc3ccc(C(C)C)cc3)CC2)nn1. The van der Waals surface area contributed by atoms with Crippen molar-refractivity contribution >= 4 is 17.5 Å². The number of urea groups is 1. The van der Waals surface area contributed by atoms with Gasteiger partial charge in [0.1, 0.15) is 0 Å². The lowest BCUT2D eigenvalue weighted by Gasteiger charge is -2.35. The number of anilines is 2. The van der Waals surface area contributed by atoms with Crippen molar-refractivity contribution in [1.29, 1.82) is 0 Å². The van der Waals surface area contributed by atoms with Crippen LogP contribution in [0, 0.1) is 6.92 Å². The number of nitrogens with one attached hydrogen (secondary N) is 1. The molecule has 25 heavy (non-hydrogen) atoms. The van der Waals surface area contributed by atoms with Gasteiger partial charge >= 0.3 is 6.03 Å². The van der Waals surface area contributed by atoms with E-state index >= 15 is 0 Å². The van der Waals surface area contributed by atoms with Crippen molar-refractivity contribution < 1.29 is 4.79 Å². The minimum Gasteiger partial charge on any atom is -0.352 e. The molecule has 0 saturated carbocycles. The number of rotatable bonds is 3. The van der Waals surface area contributed by atoms with Crippen LogP contribution < -0.4 is 10.2 Å². The molecule has 0 radical (unpaired) electrons. The monoisotopic (exact) mass is 339 g/mol. The number of hydrogen-bond donors (Lipinski definition) is 1. The van der Waals surface area contributed by atoms with Crippen molar-refractivity contribution in [3.8, 4) is 0 Å². The fraction of sp³-hybridized carbons (Fsp3) is 0.421. The molecule has 0 spiro atoms. The Balaban J connectivity index is 1.53. The van der Waals surface area contributed by atoms with Crippen LogP contribution in [0.15, 0.2) is 36.4 Å². The quantitative estimate of drug-likeness (QED) is 0.932. The Hall–Kier alpha value is -2.63. The number of carbonyl (C=O) groups excluding carboxylic acids is 1. The predicted molar refractivity (Wildman–Crippen MR) is 100 cm³/mol. The van der Waals surface area contributed by atoms with Gasteiger partial charge in [-0.15, -0.1) is 5.10 Å². The lowest BCUT2D eigenvalue weighted by molar-refractivity contribution is 0.208. The number of nitrogens with zero attached hydrogens (tertiary/aromatic N) is 4. The summed E-state index contributed by atoms with van der Waals surface area (Å²) in [7, 11) is 0. The molecule has 0 bridgehead atoms. The summed E-state index contributed by atoms with van der Waals surface area (Å²) in [6.07, 6.45) is 0. The summed E-state index contributed by atoms with van der Waals surface area (Å²) >= 11 is 0. The molecule has 2 aromatic rings. The highest BCUT2D eigenvalue weighted by atomic mass is 16.2. The maximum atomic E-state index is 12.4. The van der Waals surface area contributed by atoms with Crippen LogP contribution in [0.1, 0.15) is 31.0 Å². The molecule has 0 unspecified atom stereocenters. The predicted octanol–water partition coefficient (Wildman–Crippen LogP) is 3.26. The summed E-state index contributed by atoms with van der Waals surface area (Å²) in [4.78, 5) is 16.4. The molecule has 2 heterocycles. The molecule has 6 nitrogen and oxygen atoms in total. The van der Waals surface area contributed by atoms with Gasteiger partial charge in [0, 0.05) is 31.9 Å². The minimum atomic E-state index is -0.0491. The first-order chi connectivity index (χ1) is 12.0. The second-order valence-electron chi connectivity index (χ2n) is 6.71. The summed E-state index contributed by atoms with van der Waals surface area (Å²) in [6.45, 7) is 9.11. The molecule has 3 rings (SSSR count). The maximum Gasteiger partial charge on any atom is 0.321 e. The van der Waals surface area contributed by atoms with Crippen LogP contribution in [-0.2, 0) is 0 Å². The summed E-state index contributed by atoms with van der Waals surface area (Å²) in [6, 6.07) is 11.9. The van der Waals surface area contributed by atoms with Crippen LogP contribution in [0.4, 0.5) is 16.3 Å². The zero-order valence-electron chi connectivity index (χ0n) is 15.1. The molecule has 1 aromatic heterocycles. The Morgan fingerprint density at radius 2 is 1.68 bits per heavy atom. The number of piperazine rings is 1. The summed E-state index contributed by atoms with van der Waals surface area (Å²) in [5.41, 5.74) is 3.01. The first kappa shape index (κ1) is 17.2. The number of aryl methyl sites for hydroxylation is 1. The average Bonchev–Trinajstić information content (AvgIpc) is 2.63. The van der Waals surface area contributed by atoms with Gasteiger partial charge in [-0.25, -0.2) is 4.79 Å². The van der Waals surface area contributed by atoms with E-state index in [-0.39, 0.29) is 6.03 Å². The number of aromatic nitrogens is 2. The largest absolute Gasteiger partial charge is 0.352 e. The van der Waals surface area contributed by atoms with Gasteiger partial charge in [0.15, 0.2) is 5.82 Å².